The molecule has 0 saturated heterocycles. The molecule has 43 heavy (non-hydrogen) atoms. The zero-order valence-electron chi connectivity index (χ0n) is 25.2. The Balaban J connectivity index is 2.20. The van der Waals surface area contributed by atoms with Crippen molar-refractivity contribution in [2.75, 3.05) is 19.5 Å². The molecule has 6 N–H and O–H groups in total. The topological polar surface area (TPSA) is 161 Å². The van der Waals surface area contributed by atoms with E-state index in [1.165, 1.54) is 37.7 Å². The summed E-state index contributed by atoms with van der Waals surface area (Å²) in [5, 5.41) is 38.2. The van der Waals surface area contributed by atoms with Gasteiger partial charge >= 0.3 is 6.09 Å². The van der Waals surface area contributed by atoms with Crippen LogP contribution in [0.2, 0.25) is 0 Å². The molecule has 2 aromatic rings. The van der Waals surface area contributed by atoms with Crippen molar-refractivity contribution < 1.29 is 39.1 Å². The highest BCUT2D eigenvalue weighted by Crippen LogP contribution is 2.45. The van der Waals surface area contributed by atoms with Crippen LogP contribution in [0.4, 0.5) is 10.5 Å². The number of thiophene rings is 1. The van der Waals surface area contributed by atoms with Crippen molar-refractivity contribution in [1.82, 2.24) is 0 Å². The lowest BCUT2D eigenvalue weighted by Crippen LogP contribution is -2.36. The van der Waals surface area contributed by atoms with Crippen molar-refractivity contribution in [3.8, 4) is 21.9 Å². The molecule has 232 valence electrons. The van der Waals surface area contributed by atoms with Crippen LogP contribution < -0.4 is 11.1 Å². The number of fused-ring (bicyclic) bond motifs is 2. The number of carbonyl (C=O) groups is 2. The van der Waals surface area contributed by atoms with E-state index in [-0.39, 0.29) is 29.2 Å². The predicted octanol–water partition coefficient (Wildman–Crippen LogP) is 5.51. The third-order valence-corrected chi connectivity index (χ3v) is 8.15. The van der Waals surface area contributed by atoms with Crippen LogP contribution in [0.15, 0.2) is 64.6 Å². The number of hydrogen-bond acceptors (Lipinski definition) is 9. The molecule has 11 heteroatoms. The largest absolute Gasteiger partial charge is 0.507 e. The zero-order chi connectivity index (χ0) is 31.8. The number of nitrogens with two attached hydrogens (primary N) is 1. The van der Waals surface area contributed by atoms with Crippen LogP contribution in [0.25, 0.3) is 16.5 Å². The highest BCUT2D eigenvalue weighted by Gasteiger charge is 2.29. The van der Waals surface area contributed by atoms with E-state index in [0.717, 1.165) is 10.5 Å². The first-order chi connectivity index (χ1) is 20.4. The Morgan fingerprint density at radius 3 is 2.49 bits per heavy atom. The second-order valence-electron chi connectivity index (χ2n) is 10.5. The van der Waals surface area contributed by atoms with E-state index < -0.39 is 42.3 Å². The third kappa shape index (κ3) is 8.35. The van der Waals surface area contributed by atoms with E-state index in [1.807, 2.05) is 31.4 Å². The van der Waals surface area contributed by atoms with Crippen molar-refractivity contribution in [2.24, 2.45) is 11.7 Å². The van der Waals surface area contributed by atoms with Crippen LogP contribution >= 0.6 is 11.3 Å². The van der Waals surface area contributed by atoms with Gasteiger partial charge in [-0.3, -0.25) is 4.79 Å². The summed E-state index contributed by atoms with van der Waals surface area (Å²) < 4.78 is 16.6. The monoisotopic (exact) mass is 612 g/mol. The van der Waals surface area contributed by atoms with Crippen molar-refractivity contribution in [2.45, 2.75) is 58.5 Å². The molecule has 0 radical (unpaired) electrons. The molecule has 1 aromatic carbocycles. The number of methoxy groups -OCH3 is 2. The number of phenols is 2. The molecule has 2 bridgehead atoms. The average molecular weight is 613 g/mol. The third-order valence-electron chi connectivity index (χ3n) is 7.26. The number of hydrogen-bond donors (Lipinski definition) is 5. The molecule has 2 heterocycles. The minimum absolute atomic E-state index is 0.0259. The number of amides is 2. The molecule has 5 unspecified atom stereocenters. The van der Waals surface area contributed by atoms with E-state index in [1.54, 1.807) is 38.2 Å². The first kappa shape index (κ1) is 33.6. The van der Waals surface area contributed by atoms with E-state index in [4.69, 9.17) is 19.9 Å². The molecule has 0 spiro atoms. The van der Waals surface area contributed by atoms with Gasteiger partial charge in [0.25, 0.3) is 5.91 Å². The smallest absolute Gasteiger partial charge is 0.405 e. The number of carbonyl (C=O) groups excluding carboxylic acids is 2. The lowest BCUT2D eigenvalue weighted by atomic mass is 9.91. The lowest BCUT2D eigenvalue weighted by Gasteiger charge is -2.28. The molecule has 1 aromatic heterocycles. The molecule has 10 nitrogen and oxygen atoms in total. The highest BCUT2D eigenvalue weighted by molar-refractivity contribution is 7.13. The SMILES string of the molecule is COC1C=CC=C(C)C(=O)Nc2cc(O)c(-c3cccs3)c(c2O)C=C(C)CC(OC)C(O)C(C)C=C(C)C1OC(N)=O. The summed E-state index contributed by atoms with van der Waals surface area (Å²) in [7, 11) is 2.94. The summed E-state index contributed by atoms with van der Waals surface area (Å²) in [6.45, 7) is 6.97. The Labute approximate surface area is 255 Å². The number of anilines is 1. The van der Waals surface area contributed by atoms with Crippen molar-refractivity contribution in [3.05, 3.63) is 70.2 Å². The maximum atomic E-state index is 13.1. The first-order valence-electron chi connectivity index (χ1n) is 13.7. The molecular formula is C32H40N2O8S. The molecule has 0 saturated carbocycles. The van der Waals surface area contributed by atoms with Crippen molar-refractivity contribution >= 4 is 35.1 Å². The van der Waals surface area contributed by atoms with Crippen LogP contribution in [0, 0.1) is 5.92 Å². The molecular weight excluding hydrogens is 572 g/mol. The summed E-state index contributed by atoms with van der Waals surface area (Å²) in [6, 6.07) is 4.97. The maximum Gasteiger partial charge on any atom is 0.405 e. The minimum atomic E-state index is -0.992. The molecule has 5 atom stereocenters. The molecule has 3 rings (SSSR count). The van der Waals surface area contributed by atoms with Gasteiger partial charge < -0.3 is 40.6 Å². The van der Waals surface area contributed by atoms with Crippen molar-refractivity contribution in [3.63, 3.8) is 0 Å². The first-order valence-corrected chi connectivity index (χ1v) is 14.6. The zero-order valence-corrected chi connectivity index (χ0v) is 26.0. The fourth-order valence-corrected chi connectivity index (χ4v) is 5.75. The number of rotatable bonds is 4. The van der Waals surface area contributed by atoms with Gasteiger partial charge in [-0.25, -0.2) is 4.79 Å². The quantitative estimate of drug-likeness (QED) is 0.172. The van der Waals surface area contributed by atoms with E-state index in [2.05, 4.69) is 5.32 Å². The normalized spacial score (nSPS) is 24.0. The van der Waals surface area contributed by atoms with Gasteiger partial charge in [-0.15, -0.1) is 11.3 Å². The van der Waals surface area contributed by atoms with Gasteiger partial charge in [0, 0.05) is 47.8 Å². The maximum absolute atomic E-state index is 13.1. The fourth-order valence-electron chi connectivity index (χ4n) is 4.96. The van der Waals surface area contributed by atoms with Crippen LogP contribution in [-0.2, 0) is 19.0 Å². The number of aliphatic hydroxyl groups excluding tert-OH is 1. The van der Waals surface area contributed by atoms with Gasteiger partial charge in [0.05, 0.1) is 17.9 Å². The summed E-state index contributed by atoms with van der Waals surface area (Å²) in [6.07, 6.45) is 4.21. The van der Waals surface area contributed by atoms with Gasteiger partial charge in [0.2, 0.25) is 0 Å². The van der Waals surface area contributed by atoms with Crippen molar-refractivity contribution in [1.29, 1.82) is 0 Å². The molecule has 1 aliphatic rings. The predicted molar refractivity (Wildman–Crippen MR) is 168 cm³/mol. The summed E-state index contributed by atoms with van der Waals surface area (Å²) in [5.74, 6) is -1.30. The Morgan fingerprint density at radius 2 is 1.88 bits per heavy atom. The summed E-state index contributed by atoms with van der Waals surface area (Å²) >= 11 is 1.39. The van der Waals surface area contributed by atoms with Gasteiger partial charge in [-0.1, -0.05) is 48.9 Å². The Bertz CT molecular complexity index is 1430. The summed E-state index contributed by atoms with van der Waals surface area (Å²) in [4.78, 5) is 25.6. The Kier molecular flexibility index (Phi) is 11.7. The standard InChI is InChI=1S/C32H40N2O8S/c1-17-13-21-27(26-11-8-12-43-26)23(35)16-22(29(21)37)34-31(38)18(2)9-7-10-24(40-5)30(42-32(33)39)20(4)15-19(3)28(36)25(14-17)41-6/h7-13,15-16,19,24-25,28,30,35-37H,14H2,1-6H3,(H2,33,39)(H,34,38). The number of phenolic OH excluding ortho intramolecular Hbond substituents is 2. The van der Waals surface area contributed by atoms with Crippen LogP contribution in [0.3, 0.4) is 0 Å². The molecule has 0 fully saturated rings. The molecule has 0 aliphatic carbocycles. The Morgan fingerprint density at radius 1 is 1.16 bits per heavy atom. The second-order valence-corrected chi connectivity index (χ2v) is 11.5. The van der Waals surface area contributed by atoms with E-state index in [9.17, 15) is 24.9 Å². The number of benzene rings is 1. The van der Waals surface area contributed by atoms with Gasteiger partial charge in [0.15, 0.2) is 6.10 Å². The number of ether oxygens (including phenoxy) is 3. The molecule has 2 amide bonds. The van der Waals surface area contributed by atoms with E-state index in [0.29, 0.717) is 16.7 Å². The fraction of sp³-hybridized carbons (Fsp3) is 0.375. The van der Waals surface area contributed by atoms with Crippen LogP contribution in [-0.4, -0.2) is 66.0 Å². The number of nitrogens with one attached hydrogen (secondary N) is 1. The van der Waals surface area contributed by atoms with E-state index >= 15 is 0 Å². The number of primary amides is 1. The van der Waals surface area contributed by atoms with Crippen LogP contribution in [0.5, 0.6) is 11.5 Å². The Hall–Kier alpha value is -3.90. The second kappa shape index (κ2) is 15.0. The van der Waals surface area contributed by atoms with Gasteiger partial charge in [-0.05, 0) is 44.2 Å². The highest BCUT2D eigenvalue weighted by atomic mass is 32.1. The lowest BCUT2D eigenvalue weighted by molar-refractivity contribution is -0.112. The molecule has 1 aliphatic heterocycles. The van der Waals surface area contributed by atoms with Gasteiger partial charge in [-0.2, -0.15) is 0 Å². The number of aliphatic hydroxyl groups is 1. The number of aromatic hydroxyl groups is 2. The number of allylic oxidation sites excluding steroid dienone is 2. The van der Waals surface area contributed by atoms with Crippen LogP contribution in [0.1, 0.15) is 39.7 Å². The van der Waals surface area contributed by atoms with Gasteiger partial charge in [0.1, 0.15) is 17.6 Å². The minimum Gasteiger partial charge on any atom is -0.507 e. The summed E-state index contributed by atoms with van der Waals surface area (Å²) in [5.41, 5.74) is 7.74. The average Bonchev–Trinajstić information content (AvgIpc) is 3.48.